The van der Waals surface area contributed by atoms with E-state index < -0.39 is 18.0 Å². The molecule has 2 aliphatic rings. The molecule has 7 heteroatoms. The molecular formula is C24H20BrNO4S. The first-order valence-corrected chi connectivity index (χ1v) is 11.8. The second kappa shape index (κ2) is 8.13. The smallest absolute Gasteiger partial charge is 0.409 e. The molecule has 5 rings (SSSR count). The number of hydrogen-bond donors (Lipinski definition) is 1. The summed E-state index contributed by atoms with van der Waals surface area (Å²) in [5, 5.41) is 11.6. The van der Waals surface area contributed by atoms with Crippen LogP contribution < -0.4 is 0 Å². The van der Waals surface area contributed by atoms with Crippen LogP contribution in [0.4, 0.5) is 4.79 Å². The van der Waals surface area contributed by atoms with Crippen LogP contribution in [0.25, 0.3) is 11.1 Å². The second-order valence-corrected chi connectivity index (χ2v) is 9.79. The lowest BCUT2D eigenvalue weighted by Gasteiger charge is -2.19. The molecule has 2 atom stereocenters. The summed E-state index contributed by atoms with van der Waals surface area (Å²) >= 11 is 4.94. The molecule has 1 aromatic heterocycles. The lowest BCUT2D eigenvalue weighted by molar-refractivity contribution is -0.141. The number of likely N-dealkylation sites (tertiary alicyclic amines) is 1. The molecule has 0 bridgehead atoms. The maximum Gasteiger partial charge on any atom is 0.409 e. The molecule has 2 heterocycles. The van der Waals surface area contributed by atoms with Gasteiger partial charge in [0, 0.05) is 39.7 Å². The number of rotatable bonds is 4. The van der Waals surface area contributed by atoms with Crippen molar-refractivity contribution in [3.8, 4) is 11.1 Å². The maximum atomic E-state index is 12.9. The Morgan fingerprint density at radius 1 is 1.06 bits per heavy atom. The zero-order valence-corrected chi connectivity index (χ0v) is 18.9. The summed E-state index contributed by atoms with van der Waals surface area (Å²) in [5.41, 5.74) is 4.66. The summed E-state index contributed by atoms with van der Waals surface area (Å²) in [7, 11) is 0. The number of hydrogen-bond acceptors (Lipinski definition) is 4. The molecule has 1 aliphatic carbocycles. The first-order valence-electron chi connectivity index (χ1n) is 10.1. The van der Waals surface area contributed by atoms with Gasteiger partial charge in [-0.05, 0) is 44.3 Å². The van der Waals surface area contributed by atoms with E-state index in [1.165, 1.54) is 27.4 Å². The van der Waals surface area contributed by atoms with Crippen LogP contribution in [0.5, 0.6) is 0 Å². The van der Waals surface area contributed by atoms with E-state index in [4.69, 9.17) is 4.74 Å². The van der Waals surface area contributed by atoms with Crippen LogP contribution in [-0.4, -0.2) is 41.8 Å². The average Bonchev–Trinajstić information content (AvgIpc) is 3.47. The number of amides is 1. The van der Waals surface area contributed by atoms with Gasteiger partial charge in [0.15, 0.2) is 0 Å². The molecule has 31 heavy (non-hydrogen) atoms. The van der Waals surface area contributed by atoms with E-state index in [1.54, 1.807) is 0 Å². The Kier molecular flexibility index (Phi) is 5.32. The molecule has 5 nitrogen and oxygen atoms in total. The number of carbonyl (C=O) groups is 2. The Morgan fingerprint density at radius 3 is 2.29 bits per heavy atom. The second-order valence-electron chi connectivity index (χ2n) is 7.93. The fourth-order valence-corrected chi connectivity index (χ4v) is 6.30. The predicted octanol–water partition coefficient (Wildman–Crippen LogP) is 5.56. The van der Waals surface area contributed by atoms with Crippen LogP contribution >= 0.6 is 27.3 Å². The van der Waals surface area contributed by atoms with Gasteiger partial charge in [-0.3, -0.25) is 4.79 Å². The topological polar surface area (TPSA) is 66.8 Å². The van der Waals surface area contributed by atoms with E-state index in [1.807, 2.05) is 35.7 Å². The van der Waals surface area contributed by atoms with Gasteiger partial charge in [-0.2, -0.15) is 0 Å². The van der Waals surface area contributed by atoms with Gasteiger partial charge in [0.1, 0.15) is 6.61 Å². The van der Waals surface area contributed by atoms with Gasteiger partial charge in [-0.1, -0.05) is 48.5 Å². The molecule has 158 valence electrons. The molecule has 3 aromatic rings. The quantitative estimate of drug-likeness (QED) is 0.512. The molecular weight excluding hydrogens is 478 g/mol. The standard InChI is InChI=1S/C24H20BrNO4S/c25-14-9-22(31-13-14)19-10-26(11-20(19)23(27)28)24(29)30-12-21-17-7-3-1-5-15(17)16-6-2-4-8-18(16)21/h1-9,13,19-21H,10-12H2,(H,27,28). The molecule has 1 fully saturated rings. The third kappa shape index (κ3) is 3.66. The number of fused-ring (bicyclic) bond motifs is 3. The van der Waals surface area contributed by atoms with Crippen molar-refractivity contribution in [2.75, 3.05) is 19.7 Å². The monoisotopic (exact) mass is 497 g/mol. The van der Waals surface area contributed by atoms with Crippen LogP contribution in [0.15, 0.2) is 64.5 Å². The van der Waals surface area contributed by atoms with Gasteiger partial charge >= 0.3 is 12.1 Å². The summed E-state index contributed by atoms with van der Waals surface area (Å²) in [6.45, 7) is 0.739. The fraction of sp³-hybridized carbons (Fsp3) is 0.250. The minimum atomic E-state index is -0.886. The summed E-state index contributed by atoms with van der Waals surface area (Å²) < 4.78 is 6.66. The molecule has 0 spiro atoms. The van der Waals surface area contributed by atoms with E-state index in [2.05, 4.69) is 40.2 Å². The van der Waals surface area contributed by atoms with Gasteiger partial charge in [-0.25, -0.2) is 4.79 Å². The molecule has 0 radical (unpaired) electrons. The van der Waals surface area contributed by atoms with Gasteiger partial charge in [-0.15, -0.1) is 11.3 Å². The van der Waals surface area contributed by atoms with Gasteiger partial charge in [0.05, 0.1) is 5.92 Å². The van der Waals surface area contributed by atoms with Crippen LogP contribution in [0.1, 0.15) is 27.8 Å². The highest BCUT2D eigenvalue weighted by Crippen LogP contribution is 2.44. The van der Waals surface area contributed by atoms with Crippen molar-refractivity contribution in [3.05, 3.63) is 80.5 Å². The van der Waals surface area contributed by atoms with Crippen molar-refractivity contribution in [1.29, 1.82) is 0 Å². The SMILES string of the molecule is O=C(O)C1CN(C(=O)OCC2c3ccccc3-c3ccccc32)CC1c1cc(Br)cs1. The summed E-state index contributed by atoms with van der Waals surface area (Å²) in [4.78, 5) is 27.2. The fourth-order valence-electron chi connectivity index (χ4n) is 4.70. The minimum Gasteiger partial charge on any atom is -0.481 e. The Labute approximate surface area is 192 Å². The molecule has 0 saturated carbocycles. The Bertz CT molecular complexity index is 1110. The van der Waals surface area contributed by atoms with Crippen LogP contribution in [0.3, 0.4) is 0 Å². The van der Waals surface area contributed by atoms with E-state index in [9.17, 15) is 14.7 Å². The number of thiophene rings is 1. The third-order valence-electron chi connectivity index (χ3n) is 6.18. The number of aliphatic carboxylic acids is 1. The lowest BCUT2D eigenvalue weighted by atomic mass is 9.95. The molecule has 1 aliphatic heterocycles. The first kappa shape index (κ1) is 20.3. The van der Waals surface area contributed by atoms with Gasteiger partial charge in [0.2, 0.25) is 0 Å². The van der Waals surface area contributed by atoms with Crippen molar-refractivity contribution in [3.63, 3.8) is 0 Å². The summed E-state index contributed by atoms with van der Waals surface area (Å²) in [6.07, 6.45) is -0.453. The van der Waals surface area contributed by atoms with Gasteiger partial charge < -0.3 is 14.7 Å². The molecule has 2 aromatic carbocycles. The Morgan fingerprint density at radius 2 is 1.71 bits per heavy atom. The van der Waals surface area contributed by atoms with E-state index in [0.29, 0.717) is 6.54 Å². The van der Waals surface area contributed by atoms with Crippen LogP contribution in [0, 0.1) is 5.92 Å². The van der Waals surface area contributed by atoms with Crippen molar-refractivity contribution in [2.45, 2.75) is 11.8 Å². The largest absolute Gasteiger partial charge is 0.481 e. The van der Waals surface area contributed by atoms with Crippen molar-refractivity contribution < 1.29 is 19.4 Å². The number of carboxylic acid groups (broad SMARTS) is 1. The average molecular weight is 498 g/mol. The van der Waals surface area contributed by atoms with Crippen LogP contribution in [-0.2, 0) is 9.53 Å². The molecule has 2 unspecified atom stereocenters. The minimum absolute atomic E-state index is 0.0155. The Hall–Kier alpha value is -2.64. The molecule has 1 saturated heterocycles. The zero-order valence-electron chi connectivity index (χ0n) is 16.5. The number of halogens is 1. The van der Waals surface area contributed by atoms with Crippen molar-refractivity contribution in [2.24, 2.45) is 5.92 Å². The summed E-state index contributed by atoms with van der Waals surface area (Å²) in [6, 6.07) is 18.3. The lowest BCUT2D eigenvalue weighted by Crippen LogP contribution is -2.31. The van der Waals surface area contributed by atoms with Crippen LogP contribution in [0.2, 0.25) is 0 Å². The highest BCUT2D eigenvalue weighted by atomic mass is 79.9. The maximum absolute atomic E-state index is 12.9. The highest BCUT2D eigenvalue weighted by Gasteiger charge is 2.42. The number of carboxylic acids is 1. The van der Waals surface area contributed by atoms with E-state index in [0.717, 1.165) is 20.5 Å². The third-order valence-corrected chi connectivity index (χ3v) is 8.01. The van der Waals surface area contributed by atoms with Crippen molar-refractivity contribution >= 4 is 39.3 Å². The zero-order chi connectivity index (χ0) is 21.5. The molecule has 1 amide bonds. The number of carbonyl (C=O) groups excluding carboxylic acids is 1. The Balaban J connectivity index is 1.32. The first-order chi connectivity index (χ1) is 15.0. The summed E-state index contributed by atoms with van der Waals surface area (Å²) in [5.74, 6) is -1.76. The normalized spacial score (nSPS) is 19.8. The number of nitrogens with zero attached hydrogens (tertiary/aromatic N) is 1. The van der Waals surface area contributed by atoms with Gasteiger partial charge in [0.25, 0.3) is 0 Å². The predicted molar refractivity (Wildman–Crippen MR) is 123 cm³/mol. The number of ether oxygens (including phenoxy) is 1. The van der Waals surface area contributed by atoms with E-state index >= 15 is 0 Å². The molecule has 1 N–H and O–H groups in total. The van der Waals surface area contributed by atoms with Crippen molar-refractivity contribution in [1.82, 2.24) is 4.90 Å². The number of benzene rings is 2. The highest BCUT2D eigenvalue weighted by molar-refractivity contribution is 9.10. The van der Waals surface area contributed by atoms with E-state index in [-0.39, 0.29) is 25.0 Å².